The van der Waals surface area contributed by atoms with Gasteiger partial charge in [-0.1, -0.05) is 42.5 Å². The molecule has 6 rings (SSSR count). The zero-order valence-electron chi connectivity index (χ0n) is 18.1. The van der Waals surface area contributed by atoms with Gasteiger partial charge in [-0.25, -0.2) is 9.37 Å². The molecule has 1 aliphatic rings. The summed E-state index contributed by atoms with van der Waals surface area (Å²) in [5, 5.41) is 17.7. The van der Waals surface area contributed by atoms with Crippen LogP contribution in [0.5, 0.6) is 0 Å². The van der Waals surface area contributed by atoms with Crippen molar-refractivity contribution in [2.24, 2.45) is 0 Å². The molecule has 1 fully saturated rings. The number of nitrogens with one attached hydrogen (secondary N) is 1. The maximum absolute atomic E-state index is 15.0. The van der Waals surface area contributed by atoms with Crippen molar-refractivity contribution in [2.45, 2.75) is 23.7 Å². The highest BCUT2D eigenvalue weighted by molar-refractivity contribution is 7.81. The zero-order valence-corrected chi connectivity index (χ0v) is 19.0. The molecule has 2 aromatic carbocycles. The van der Waals surface area contributed by atoms with E-state index in [-0.39, 0.29) is 11.7 Å². The van der Waals surface area contributed by atoms with Crippen molar-refractivity contribution in [3.63, 3.8) is 0 Å². The summed E-state index contributed by atoms with van der Waals surface area (Å²) in [5.74, 6) is -0.0199. The fourth-order valence-electron chi connectivity index (χ4n) is 4.69. The van der Waals surface area contributed by atoms with Crippen molar-refractivity contribution >= 4 is 23.5 Å². The summed E-state index contributed by atoms with van der Waals surface area (Å²) in [7, 11) is 0. The molecule has 34 heavy (non-hydrogen) atoms. The van der Waals surface area contributed by atoms with Gasteiger partial charge < -0.3 is 5.11 Å². The molecular weight excluding hydrogens is 447 g/mol. The van der Waals surface area contributed by atoms with Crippen LogP contribution in [0.4, 0.5) is 4.39 Å². The number of nitrogens with zero attached hydrogens (tertiary/aromatic N) is 3. The van der Waals surface area contributed by atoms with E-state index in [2.05, 4.69) is 39.9 Å². The summed E-state index contributed by atoms with van der Waals surface area (Å²) in [4.78, 5) is 8.65. The molecule has 7 heteroatoms. The highest BCUT2D eigenvalue weighted by Gasteiger charge is 2.40. The molecule has 1 aliphatic carbocycles. The van der Waals surface area contributed by atoms with Crippen molar-refractivity contribution in [1.82, 2.24) is 20.2 Å². The monoisotopic (exact) mass is 468 g/mol. The van der Waals surface area contributed by atoms with Crippen LogP contribution < -0.4 is 0 Å². The van der Waals surface area contributed by atoms with Gasteiger partial charge in [-0.2, -0.15) is 5.10 Å². The third kappa shape index (κ3) is 3.67. The van der Waals surface area contributed by atoms with Gasteiger partial charge in [0.2, 0.25) is 0 Å². The topological polar surface area (TPSA) is 74.7 Å². The summed E-state index contributed by atoms with van der Waals surface area (Å²) in [6, 6.07) is 18.7. The van der Waals surface area contributed by atoms with Gasteiger partial charge in [-0.3, -0.25) is 10.1 Å². The number of aromatic nitrogens is 4. The molecule has 3 aromatic heterocycles. The van der Waals surface area contributed by atoms with Crippen molar-refractivity contribution in [1.29, 1.82) is 0 Å². The predicted molar refractivity (Wildman–Crippen MR) is 134 cm³/mol. The molecule has 0 saturated heterocycles. The van der Waals surface area contributed by atoms with Crippen LogP contribution in [0, 0.1) is 5.82 Å². The van der Waals surface area contributed by atoms with Crippen LogP contribution in [-0.4, -0.2) is 30.2 Å². The van der Waals surface area contributed by atoms with E-state index < -0.39 is 4.93 Å². The van der Waals surface area contributed by atoms with E-state index in [1.54, 1.807) is 30.7 Å². The van der Waals surface area contributed by atoms with Gasteiger partial charge in [0, 0.05) is 40.0 Å². The Hall–Kier alpha value is -3.55. The molecule has 0 atom stereocenters. The Morgan fingerprint density at radius 1 is 0.971 bits per heavy atom. The van der Waals surface area contributed by atoms with E-state index in [1.165, 1.54) is 6.07 Å². The van der Waals surface area contributed by atoms with Crippen LogP contribution in [0.15, 0.2) is 79.3 Å². The summed E-state index contributed by atoms with van der Waals surface area (Å²) in [6.45, 7) is 0. The van der Waals surface area contributed by atoms with Crippen LogP contribution in [0.25, 0.3) is 44.5 Å². The normalized spacial score (nSPS) is 19.8. The molecule has 0 bridgehead atoms. The largest absolute Gasteiger partial charge is 0.380 e. The van der Waals surface area contributed by atoms with E-state index in [0.29, 0.717) is 29.7 Å². The van der Waals surface area contributed by atoms with Gasteiger partial charge in [-0.15, -0.1) is 12.6 Å². The number of aromatic amines is 1. The molecule has 0 unspecified atom stereocenters. The Bertz CT molecular complexity index is 1490. The lowest BCUT2D eigenvalue weighted by molar-refractivity contribution is 0.0412. The Morgan fingerprint density at radius 3 is 2.47 bits per heavy atom. The summed E-state index contributed by atoms with van der Waals surface area (Å²) < 4.78 is 15.0. The first-order valence-corrected chi connectivity index (χ1v) is 11.5. The number of aliphatic hydroxyl groups is 1. The molecular formula is C27H21FN4OS. The molecule has 0 spiro atoms. The van der Waals surface area contributed by atoms with E-state index in [1.807, 2.05) is 30.3 Å². The molecule has 0 radical (unpaired) electrons. The maximum atomic E-state index is 15.0. The van der Waals surface area contributed by atoms with Crippen LogP contribution in [0.1, 0.15) is 24.3 Å². The third-order valence-corrected chi connectivity index (χ3v) is 6.85. The standard InChI is InChI=1S/C27H21FN4OS/c28-23-4-2-1-3-20(23)21-11-22-24(9-10-29-25(22)19-14-30-31-15-19)32-26(21)17-7-5-16(6-8-17)18-12-27(33,34)13-18/h1-11,14-15,18,33-34H,12-13H2,(H,30,31). The number of halogens is 1. The number of hydrogen-bond acceptors (Lipinski definition) is 5. The number of hydrogen-bond donors (Lipinski definition) is 3. The van der Waals surface area contributed by atoms with Crippen molar-refractivity contribution in [3.05, 3.63) is 90.6 Å². The molecule has 0 amide bonds. The third-order valence-electron chi connectivity index (χ3n) is 6.48. The number of thiol groups is 1. The predicted octanol–water partition coefficient (Wildman–Crippen LogP) is 5.99. The van der Waals surface area contributed by atoms with Crippen molar-refractivity contribution in [2.75, 3.05) is 0 Å². The second kappa shape index (κ2) is 8.04. The second-order valence-corrected chi connectivity index (χ2v) is 9.62. The Balaban J connectivity index is 1.52. The minimum Gasteiger partial charge on any atom is -0.380 e. The molecule has 3 heterocycles. The van der Waals surface area contributed by atoms with Crippen LogP contribution in [0.2, 0.25) is 0 Å². The quantitative estimate of drug-likeness (QED) is 0.224. The Morgan fingerprint density at radius 2 is 1.76 bits per heavy atom. The zero-order chi connectivity index (χ0) is 23.3. The van der Waals surface area contributed by atoms with Gasteiger partial charge >= 0.3 is 0 Å². The Kier molecular flexibility index (Phi) is 4.97. The molecule has 0 aliphatic heterocycles. The summed E-state index contributed by atoms with van der Waals surface area (Å²) in [6.07, 6.45) is 6.48. The van der Waals surface area contributed by atoms with Gasteiger partial charge in [0.05, 0.1) is 23.1 Å². The first kappa shape index (κ1) is 21.0. The lowest BCUT2D eigenvalue weighted by Gasteiger charge is -2.40. The summed E-state index contributed by atoms with van der Waals surface area (Å²) in [5.41, 5.74) is 6.28. The van der Waals surface area contributed by atoms with Crippen LogP contribution in [0.3, 0.4) is 0 Å². The lowest BCUT2D eigenvalue weighted by Crippen LogP contribution is -2.36. The van der Waals surface area contributed by atoms with E-state index in [4.69, 9.17) is 4.98 Å². The number of rotatable bonds is 4. The highest BCUT2D eigenvalue weighted by Crippen LogP contribution is 2.47. The SMILES string of the molecule is OC1(S)CC(c2ccc(-c3nc4ccnc(-c5cn[nH]c5)c4cc3-c3ccccc3F)cc2)C1. The lowest BCUT2D eigenvalue weighted by atomic mass is 9.77. The maximum Gasteiger partial charge on any atom is 0.131 e. The first-order chi connectivity index (χ1) is 16.5. The Labute approximate surface area is 201 Å². The van der Waals surface area contributed by atoms with E-state index >= 15 is 0 Å². The molecule has 5 aromatic rings. The second-order valence-electron chi connectivity index (χ2n) is 8.79. The van der Waals surface area contributed by atoms with E-state index in [0.717, 1.165) is 33.3 Å². The van der Waals surface area contributed by atoms with E-state index in [9.17, 15) is 9.50 Å². The number of H-pyrrole nitrogens is 1. The number of benzene rings is 2. The van der Waals surface area contributed by atoms with Gasteiger partial charge in [0.15, 0.2) is 0 Å². The molecule has 168 valence electrons. The summed E-state index contributed by atoms with van der Waals surface area (Å²) >= 11 is 4.26. The first-order valence-electron chi connectivity index (χ1n) is 11.1. The number of pyridine rings is 2. The van der Waals surface area contributed by atoms with Crippen molar-refractivity contribution in [3.8, 4) is 33.6 Å². The van der Waals surface area contributed by atoms with Gasteiger partial charge in [-0.05, 0) is 42.5 Å². The molecule has 5 nitrogen and oxygen atoms in total. The smallest absolute Gasteiger partial charge is 0.131 e. The number of fused-ring (bicyclic) bond motifs is 1. The van der Waals surface area contributed by atoms with Crippen LogP contribution in [-0.2, 0) is 0 Å². The van der Waals surface area contributed by atoms with Gasteiger partial charge in [0.25, 0.3) is 0 Å². The average Bonchev–Trinajstić information content (AvgIpc) is 3.37. The van der Waals surface area contributed by atoms with Crippen LogP contribution >= 0.6 is 12.6 Å². The molecule has 2 N–H and O–H groups in total. The fourth-order valence-corrected chi connectivity index (χ4v) is 5.13. The highest BCUT2D eigenvalue weighted by atomic mass is 32.1. The fraction of sp³-hybridized carbons (Fsp3) is 0.148. The minimum absolute atomic E-state index is 0.288. The van der Waals surface area contributed by atoms with Gasteiger partial charge in [0.1, 0.15) is 10.8 Å². The van der Waals surface area contributed by atoms with Crippen molar-refractivity contribution < 1.29 is 9.50 Å². The molecule has 1 saturated carbocycles. The minimum atomic E-state index is -0.873. The average molecular weight is 469 g/mol.